The molecule has 0 radical (unpaired) electrons. The fraction of sp³-hybridized carbons (Fsp3) is 0.222. The van der Waals surface area contributed by atoms with Crippen LogP contribution in [0.1, 0.15) is 16.7 Å². The second-order valence-electron chi connectivity index (χ2n) is 5.43. The number of ether oxygens (including phenoxy) is 1. The molecule has 0 saturated heterocycles. The van der Waals surface area contributed by atoms with Gasteiger partial charge in [-0.25, -0.2) is 0 Å². The van der Waals surface area contributed by atoms with Crippen LogP contribution in [0.2, 0.25) is 5.02 Å². The summed E-state index contributed by atoms with van der Waals surface area (Å²) >= 11 is 9.23. The Labute approximate surface area is 154 Å². The number of carbonyl (C=O) groups is 2. The normalized spacial score (nSPS) is 10.3. The van der Waals surface area contributed by atoms with Gasteiger partial charge in [-0.15, -0.1) is 0 Å². The summed E-state index contributed by atoms with van der Waals surface area (Å²) in [4.78, 5) is 23.7. The van der Waals surface area contributed by atoms with Crippen LogP contribution in [0.25, 0.3) is 0 Å². The van der Waals surface area contributed by atoms with Crippen LogP contribution >= 0.6 is 27.5 Å². The van der Waals surface area contributed by atoms with Crippen molar-refractivity contribution in [1.82, 2.24) is 0 Å². The molecular weight excluding hydrogens is 394 g/mol. The zero-order chi connectivity index (χ0) is 17.7. The van der Waals surface area contributed by atoms with E-state index in [2.05, 4.69) is 21.2 Å². The fourth-order valence-corrected chi connectivity index (χ4v) is 2.65. The molecule has 24 heavy (non-hydrogen) atoms. The van der Waals surface area contributed by atoms with Crippen LogP contribution in [0, 0.1) is 13.8 Å². The topological polar surface area (TPSA) is 55.4 Å². The van der Waals surface area contributed by atoms with Crippen molar-refractivity contribution < 1.29 is 14.3 Å². The van der Waals surface area contributed by atoms with E-state index >= 15 is 0 Å². The highest BCUT2D eigenvalue weighted by molar-refractivity contribution is 9.10. The molecule has 1 N–H and O–H groups in total. The number of benzene rings is 2. The highest BCUT2D eigenvalue weighted by Gasteiger charge is 2.11. The van der Waals surface area contributed by atoms with Gasteiger partial charge in [-0.3, -0.25) is 9.59 Å². The standard InChI is InChI=1S/C18H17BrClNO3/c1-11-8-16(12(2)7-15(11)19)21-17(22)10-24-18(23)9-13-3-5-14(20)6-4-13/h3-8H,9-10H2,1-2H3,(H,21,22). The number of hydrogen-bond acceptors (Lipinski definition) is 3. The first-order chi connectivity index (χ1) is 11.3. The highest BCUT2D eigenvalue weighted by atomic mass is 79.9. The second-order valence-corrected chi connectivity index (χ2v) is 6.72. The molecule has 2 rings (SSSR count). The molecule has 0 saturated carbocycles. The molecule has 6 heteroatoms. The molecule has 0 aliphatic carbocycles. The number of carbonyl (C=O) groups excluding carboxylic acids is 2. The van der Waals surface area contributed by atoms with Crippen LogP contribution < -0.4 is 5.32 Å². The predicted octanol–water partition coefficient (Wildman–Crippen LogP) is 4.44. The Morgan fingerprint density at radius 1 is 1.12 bits per heavy atom. The van der Waals surface area contributed by atoms with Crippen molar-refractivity contribution in [3.05, 3.63) is 62.6 Å². The number of halogens is 2. The minimum atomic E-state index is -0.462. The number of rotatable bonds is 5. The van der Waals surface area contributed by atoms with Crippen LogP contribution in [0.4, 0.5) is 5.69 Å². The van der Waals surface area contributed by atoms with Gasteiger partial charge in [0.05, 0.1) is 6.42 Å². The number of amides is 1. The van der Waals surface area contributed by atoms with E-state index in [0.717, 1.165) is 21.2 Å². The molecule has 2 aromatic carbocycles. The van der Waals surface area contributed by atoms with Gasteiger partial charge in [0.25, 0.3) is 5.91 Å². The molecule has 126 valence electrons. The number of hydrogen-bond donors (Lipinski definition) is 1. The van der Waals surface area contributed by atoms with Crippen LogP contribution in [-0.4, -0.2) is 18.5 Å². The number of aryl methyl sites for hydroxylation is 2. The van der Waals surface area contributed by atoms with Gasteiger partial charge >= 0.3 is 5.97 Å². The van der Waals surface area contributed by atoms with Crippen LogP contribution in [0.15, 0.2) is 40.9 Å². The summed E-state index contributed by atoms with van der Waals surface area (Å²) in [5.41, 5.74) is 3.42. The molecule has 0 heterocycles. The summed E-state index contributed by atoms with van der Waals surface area (Å²) < 4.78 is 5.99. The van der Waals surface area contributed by atoms with E-state index in [1.807, 2.05) is 26.0 Å². The van der Waals surface area contributed by atoms with Gasteiger partial charge in [-0.2, -0.15) is 0 Å². The minimum absolute atomic E-state index is 0.0981. The highest BCUT2D eigenvalue weighted by Crippen LogP contribution is 2.24. The second kappa shape index (κ2) is 8.31. The molecule has 0 fully saturated rings. The maximum absolute atomic E-state index is 11.9. The Bertz CT molecular complexity index is 760. The van der Waals surface area contributed by atoms with Crippen molar-refractivity contribution in [2.24, 2.45) is 0 Å². The summed E-state index contributed by atoms with van der Waals surface area (Å²) in [5, 5.41) is 3.35. The maximum Gasteiger partial charge on any atom is 0.310 e. The third-order valence-corrected chi connectivity index (χ3v) is 4.51. The lowest BCUT2D eigenvalue weighted by Gasteiger charge is -2.11. The van der Waals surface area contributed by atoms with Crippen LogP contribution in [0.5, 0.6) is 0 Å². The van der Waals surface area contributed by atoms with E-state index in [1.165, 1.54) is 0 Å². The number of nitrogens with one attached hydrogen (secondary N) is 1. The molecule has 0 atom stereocenters. The first kappa shape index (κ1) is 18.5. The number of esters is 1. The Morgan fingerprint density at radius 2 is 1.79 bits per heavy atom. The zero-order valence-electron chi connectivity index (χ0n) is 13.4. The van der Waals surface area contributed by atoms with E-state index in [-0.39, 0.29) is 18.9 Å². The van der Waals surface area contributed by atoms with Crippen molar-refractivity contribution in [3.8, 4) is 0 Å². The van der Waals surface area contributed by atoms with Crippen molar-refractivity contribution in [1.29, 1.82) is 0 Å². The van der Waals surface area contributed by atoms with Crippen molar-refractivity contribution in [2.45, 2.75) is 20.3 Å². The molecule has 0 bridgehead atoms. The number of anilines is 1. The van der Waals surface area contributed by atoms with Gasteiger partial charge in [-0.05, 0) is 54.8 Å². The molecular formula is C18H17BrClNO3. The minimum Gasteiger partial charge on any atom is -0.455 e. The Balaban J connectivity index is 1.85. The van der Waals surface area contributed by atoms with E-state index < -0.39 is 5.97 Å². The molecule has 0 spiro atoms. The molecule has 1 amide bonds. The van der Waals surface area contributed by atoms with E-state index in [0.29, 0.717) is 10.7 Å². The van der Waals surface area contributed by atoms with Gasteiger partial charge < -0.3 is 10.1 Å². The molecule has 0 unspecified atom stereocenters. The van der Waals surface area contributed by atoms with E-state index in [9.17, 15) is 9.59 Å². The quantitative estimate of drug-likeness (QED) is 0.741. The third kappa shape index (κ3) is 5.35. The van der Waals surface area contributed by atoms with Crippen LogP contribution in [-0.2, 0) is 20.7 Å². The largest absolute Gasteiger partial charge is 0.455 e. The van der Waals surface area contributed by atoms with Gasteiger partial charge in [0, 0.05) is 15.2 Å². The first-order valence-electron chi connectivity index (χ1n) is 7.32. The fourth-order valence-electron chi connectivity index (χ4n) is 2.07. The predicted molar refractivity (Wildman–Crippen MR) is 98.4 cm³/mol. The lowest BCUT2D eigenvalue weighted by Crippen LogP contribution is -2.22. The SMILES string of the molecule is Cc1cc(NC(=O)COC(=O)Cc2ccc(Cl)cc2)c(C)cc1Br. The first-order valence-corrected chi connectivity index (χ1v) is 8.49. The van der Waals surface area contributed by atoms with Crippen molar-refractivity contribution in [2.75, 3.05) is 11.9 Å². The molecule has 0 aliphatic heterocycles. The zero-order valence-corrected chi connectivity index (χ0v) is 15.7. The van der Waals surface area contributed by atoms with Crippen molar-refractivity contribution >= 4 is 45.1 Å². The van der Waals surface area contributed by atoms with E-state index in [4.69, 9.17) is 16.3 Å². The summed E-state index contributed by atoms with van der Waals surface area (Å²) in [6.45, 7) is 3.51. The average Bonchev–Trinajstić information content (AvgIpc) is 2.53. The Morgan fingerprint density at radius 3 is 2.46 bits per heavy atom. The van der Waals surface area contributed by atoms with Gasteiger partial charge in [-0.1, -0.05) is 39.7 Å². The van der Waals surface area contributed by atoms with Crippen molar-refractivity contribution in [3.63, 3.8) is 0 Å². The third-order valence-electron chi connectivity index (χ3n) is 3.41. The monoisotopic (exact) mass is 409 g/mol. The molecule has 0 aliphatic rings. The Hall–Kier alpha value is -1.85. The summed E-state index contributed by atoms with van der Waals surface area (Å²) in [7, 11) is 0. The maximum atomic E-state index is 11.9. The lowest BCUT2D eigenvalue weighted by molar-refractivity contribution is -0.146. The van der Waals surface area contributed by atoms with E-state index in [1.54, 1.807) is 24.3 Å². The summed E-state index contributed by atoms with van der Waals surface area (Å²) in [6.07, 6.45) is 0.0981. The summed E-state index contributed by atoms with van der Waals surface area (Å²) in [5.74, 6) is -0.833. The smallest absolute Gasteiger partial charge is 0.310 e. The lowest BCUT2D eigenvalue weighted by atomic mass is 10.1. The molecule has 2 aromatic rings. The Kier molecular flexibility index (Phi) is 6.40. The van der Waals surface area contributed by atoms with Gasteiger partial charge in [0.2, 0.25) is 0 Å². The summed E-state index contributed by atoms with van der Waals surface area (Å²) in [6, 6.07) is 10.7. The van der Waals surface area contributed by atoms with Gasteiger partial charge in [0.15, 0.2) is 6.61 Å². The van der Waals surface area contributed by atoms with Crippen LogP contribution in [0.3, 0.4) is 0 Å². The van der Waals surface area contributed by atoms with Gasteiger partial charge in [0.1, 0.15) is 0 Å². The molecule has 0 aromatic heterocycles. The average molecular weight is 411 g/mol. The molecule has 4 nitrogen and oxygen atoms in total.